The summed E-state index contributed by atoms with van der Waals surface area (Å²) in [5, 5.41) is 0. The van der Waals surface area contributed by atoms with Gasteiger partial charge in [0.1, 0.15) is 0 Å². The summed E-state index contributed by atoms with van der Waals surface area (Å²) in [4.78, 5) is 16.0. The Morgan fingerprint density at radius 1 is 1.35 bits per heavy atom. The van der Waals surface area contributed by atoms with Crippen LogP contribution >= 0.6 is 0 Å². The van der Waals surface area contributed by atoms with Crippen LogP contribution in [0.3, 0.4) is 0 Å². The molecule has 1 fully saturated rings. The highest BCUT2D eigenvalue weighted by atomic mass is 16.5. The van der Waals surface area contributed by atoms with Crippen molar-refractivity contribution in [2.45, 2.75) is 38.6 Å². The van der Waals surface area contributed by atoms with Crippen LogP contribution in [0.15, 0.2) is 0 Å². The van der Waals surface area contributed by atoms with Crippen LogP contribution in [0, 0.1) is 0 Å². The second-order valence-corrected chi connectivity index (χ2v) is 5.04. The molecule has 100 valence electrons. The summed E-state index contributed by atoms with van der Waals surface area (Å²) in [5.74, 6) is -0.0678. The fraction of sp³-hybridized carbons (Fsp3) is 0.923. The first-order valence-electron chi connectivity index (χ1n) is 6.68. The summed E-state index contributed by atoms with van der Waals surface area (Å²) in [5.41, 5.74) is 0. The normalized spacial score (nSPS) is 18.6. The van der Waals surface area contributed by atoms with E-state index in [9.17, 15) is 4.79 Å². The van der Waals surface area contributed by atoms with Crippen LogP contribution in [0.25, 0.3) is 0 Å². The molecular weight excluding hydrogens is 216 g/mol. The maximum atomic E-state index is 11.5. The molecule has 1 rings (SSSR count). The Balaban J connectivity index is 2.15. The van der Waals surface area contributed by atoms with Crippen LogP contribution in [-0.4, -0.2) is 62.1 Å². The van der Waals surface area contributed by atoms with Crippen LogP contribution in [0.4, 0.5) is 0 Å². The molecule has 4 nitrogen and oxygen atoms in total. The van der Waals surface area contributed by atoms with Gasteiger partial charge in [-0.1, -0.05) is 13.3 Å². The molecule has 0 radical (unpaired) electrons. The van der Waals surface area contributed by atoms with Gasteiger partial charge in [-0.2, -0.15) is 0 Å². The first-order valence-corrected chi connectivity index (χ1v) is 6.68. The number of piperidine rings is 1. The molecule has 0 spiro atoms. The Labute approximate surface area is 105 Å². The van der Waals surface area contributed by atoms with Crippen LogP contribution in [0.2, 0.25) is 0 Å². The molecule has 0 saturated carbocycles. The molecule has 4 heteroatoms. The summed E-state index contributed by atoms with van der Waals surface area (Å²) < 4.78 is 5.17. The van der Waals surface area contributed by atoms with E-state index in [1.165, 1.54) is 0 Å². The van der Waals surface area contributed by atoms with Crippen molar-refractivity contribution in [1.82, 2.24) is 9.80 Å². The van der Waals surface area contributed by atoms with E-state index in [4.69, 9.17) is 4.74 Å². The second kappa shape index (κ2) is 7.67. The zero-order chi connectivity index (χ0) is 12.7. The lowest BCUT2D eigenvalue weighted by atomic mass is 10.0. The van der Waals surface area contributed by atoms with Gasteiger partial charge in [-0.05, 0) is 33.4 Å². The lowest BCUT2D eigenvalue weighted by Gasteiger charge is -2.34. The lowest BCUT2D eigenvalue weighted by Crippen LogP contribution is -2.43. The Kier molecular flexibility index (Phi) is 6.52. The minimum absolute atomic E-state index is 0.0678. The molecule has 1 saturated heterocycles. The van der Waals surface area contributed by atoms with Gasteiger partial charge in [0.2, 0.25) is 0 Å². The molecule has 0 amide bonds. The number of hydrogen-bond donors (Lipinski definition) is 0. The molecule has 0 aromatic rings. The van der Waals surface area contributed by atoms with Crippen LogP contribution in [0.5, 0.6) is 0 Å². The molecule has 0 bridgehead atoms. The van der Waals surface area contributed by atoms with Crippen molar-refractivity contribution in [3.05, 3.63) is 0 Å². The number of rotatable bonds is 6. The van der Waals surface area contributed by atoms with Crippen molar-refractivity contribution in [2.75, 3.05) is 40.3 Å². The van der Waals surface area contributed by atoms with Gasteiger partial charge in [-0.3, -0.25) is 9.69 Å². The SMILES string of the molecule is CCCCOC(=O)CN1CCC(N(C)C)CC1. The van der Waals surface area contributed by atoms with E-state index >= 15 is 0 Å². The molecule has 1 aliphatic rings. The molecule has 0 atom stereocenters. The predicted octanol–water partition coefficient (Wildman–Crippen LogP) is 1.36. The summed E-state index contributed by atoms with van der Waals surface area (Å²) in [6.07, 6.45) is 4.33. The zero-order valence-electron chi connectivity index (χ0n) is 11.4. The minimum atomic E-state index is -0.0678. The number of likely N-dealkylation sites (tertiary alicyclic amines) is 1. The first kappa shape index (κ1) is 14.5. The van der Waals surface area contributed by atoms with E-state index in [0.29, 0.717) is 19.2 Å². The van der Waals surface area contributed by atoms with Gasteiger partial charge in [0, 0.05) is 19.1 Å². The maximum absolute atomic E-state index is 11.5. The van der Waals surface area contributed by atoms with Gasteiger partial charge in [-0.15, -0.1) is 0 Å². The summed E-state index contributed by atoms with van der Waals surface area (Å²) in [7, 11) is 4.25. The van der Waals surface area contributed by atoms with Gasteiger partial charge in [0.25, 0.3) is 0 Å². The Bertz CT molecular complexity index is 223. The largest absolute Gasteiger partial charge is 0.465 e. The fourth-order valence-corrected chi connectivity index (χ4v) is 2.15. The van der Waals surface area contributed by atoms with Gasteiger partial charge in [0.15, 0.2) is 0 Å². The number of carbonyl (C=O) groups is 1. The van der Waals surface area contributed by atoms with E-state index in [0.717, 1.165) is 38.8 Å². The quantitative estimate of drug-likeness (QED) is 0.520. The Morgan fingerprint density at radius 3 is 2.53 bits per heavy atom. The van der Waals surface area contributed by atoms with Crippen molar-refractivity contribution in [1.29, 1.82) is 0 Å². The van der Waals surface area contributed by atoms with Crippen molar-refractivity contribution in [3.8, 4) is 0 Å². The molecular formula is C13H26N2O2. The highest BCUT2D eigenvalue weighted by Crippen LogP contribution is 2.13. The van der Waals surface area contributed by atoms with E-state index < -0.39 is 0 Å². The average molecular weight is 242 g/mol. The third-order valence-corrected chi connectivity index (χ3v) is 3.40. The highest BCUT2D eigenvalue weighted by Gasteiger charge is 2.22. The lowest BCUT2D eigenvalue weighted by molar-refractivity contribution is -0.145. The summed E-state index contributed by atoms with van der Waals surface area (Å²) in [6, 6.07) is 0.669. The number of carbonyl (C=O) groups excluding carboxylic acids is 1. The highest BCUT2D eigenvalue weighted by molar-refractivity contribution is 5.71. The van der Waals surface area contributed by atoms with Crippen molar-refractivity contribution in [2.24, 2.45) is 0 Å². The first-order chi connectivity index (χ1) is 8.13. The van der Waals surface area contributed by atoms with E-state index in [2.05, 4.69) is 30.8 Å². The van der Waals surface area contributed by atoms with E-state index in [1.807, 2.05) is 0 Å². The molecule has 0 aromatic heterocycles. The third-order valence-electron chi connectivity index (χ3n) is 3.40. The fourth-order valence-electron chi connectivity index (χ4n) is 2.15. The second-order valence-electron chi connectivity index (χ2n) is 5.04. The predicted molar refractivity (Wildman–Crippen MR) is 69.0 cm³/mol. The summed E-state index contributed by atoms with van der Waals surface area (Å²) in [6.45, 7) is 5.14. The van der Waals surface area contributed by atoms with E-state index in [1.54, 1.807) is 0 Å². The molecule has 0 aliphatic carbocycles. The van der Waals surface area contributed by atoms with Gasteiger partial charge >= 0.3 is 5.97 Å². The smallest absolute Gasteiger partial charge is 0.320 e. The summed E-state index contributed by atoms with van der Waals surface area (Å²) >= 11 is 0. The third kappa shape index (κ3) is 5.50. The monoisotopic (exact) mass is 242 g/mol. The zero-order valence-corrected chi connectivity index (χ0v) is 11.4. The number of hydrogen-bond acceptors (Lipinski definition) is 4. The standard InChI is InChI=1S/C13H26N2O2/c1-4-5-10-17-13(16)11-15-8-6-12(7-9-15)14(2)3/h12H,4-11H2,1-3H3. The Morgan fingerprint density at radius 2 is 2.00 bits per heavy atom. The number of esters is 1. The molecule has 0 N–H and O–H groups in total. The molecule has 0 unspecified atom stereocenters. The van der Waals surface area contributed by atoms with Crippen molar-refractivity contribution < 1.29 is 9.53 Å². The molecule has 1 heterocycles. The van der Waals surface area contributed by atoms with Crippen molar-refractivity contribution in [3.63, 3.8) is 0 Å². The number of unbranched alkanes of at least 4 members (excludes halogenated alkanes) is 1. The van der Waals surface area contributed by atoms with Crippen LogP contribution < -0.4 is 0 Å². The maximum Gasteiger partial charge on any atom is 0.320 e. The van der Waals surface area contributed by atoms with E-state index in [-0.39, 0.29) is 5.97 Å². The average Bonchev–Trinajstić information content (AvgIpc) is 2.30. The van der Waals surface area contributed by atoms with Crippen LogP contribution in [0.1, 0.15) is 32.6 Å². The van der Waals surface area contributed by atoms with Crippen molar-refractivity contribution >= 4 is 5.97 Å². The van der Waals surface area contributed by atoms with Gasteiger partial charge in [-0.25, -0.2) is 0 Å². The van der Waals surface area contributed by atoms with Gasteiger partial charge in [0.05, 0.1) is 13.2 Å². The van der Waals surface area contributed by atoms with Crippen LogP contribution in [-0.2, 0) is 9.53 Å². The number of nitrogens with zero attached hydrogens (tertiary/aromatic N) is 2. The molecule has 17 heavy (non-hydrogen) atoms. The number of ether oxygens (including phenoxy) is 1. The Hall–Kier alpha value is -0.610. The topological polar surface area (TPSA) is 32.8 Å². The molecule has 1 aliphatic heterocycles. The minimum Gasteiger partial charge on any atom is -0.465 e. The molecule has 0 aromatic carbocycles. The van der Waals surface area contributed by atoms with Gasteiger partial charge < -0.3 is 9.64 Å².